The number of rotatable bonds is 4. The average Bonchev–Trinajstić information content (AvgIpc) is 3.11. The number of fused-ring (bicyclic) bond motifs is 3. The molecule has 0 radical (unpaired) electrons. The van der Waals surface area contributed by atoms with Gasteiger partial charge in [-0.05, 0) is 31.0 Å². The van der Waals surface area contributed by atoms with Gasteiger partial charge >= 0.3 is 5.97 Å². The number of carboxylic acids is 1. The van der Waals surface area contributed by atoms with Crippen LogP contribution in [0.15, 0.2) is 30.3 Å². The van der Waals surface area contributed by atoms with Gasteiger partial charge in [-0.15, -0.1) is 11.3 Å². The molecule has 6 nitrogen and oxygen atoms in total. The average molecular weight is 373 g/mol. The highest BCUT2D eigenvalue weighted by atomic mass is 32.1. The molecule has 2 aliphatic rings. The molecule has 4 rings (SSSR count). The number of carbonyl (C=O) groups is 2. The maximum absolute atomic E-state index is 12.7. The molecule has 1 fully saturated rings. The first-order valence-corrected chi connectivity index (χ1v) is 9.41. The van der Waals surface area contributed by atoms with Crippen LogP contribution in [0, 0.1) is 5.92 Å². The number of hydrogen-bond acceptors (Lipinski definition) is 5. The van der Waals surface area contributed by atoms with Crippen LogP contribution in [-0.2, 0) is 16.1 Å². The van der Waals surface area contributed by atoms with E-state index in [1.807, 2.05) is 24.3 Å². The number of amides is 1. The zero-order chi connectivity index (χ0) is 18.1. The third-order valence-electron chi connectivity index (χ3n) is 4.77. The molecule has 1 aromatic heterocycles. The number of aliphatic carboxylic acids is 1. The molecule has 3 heterocycles. The first-order valence-electron chi connectivity index (χ1n) is 8.60. The zero-order valence-electron chi connectivity index (χ0n) is 14.1. The van der Waals surface area contributed by atoms with Gasteiger partial charge in [-0.1, -0.05) is 12.1 Å². The van der Waals surface area contributed by atoms with Crippen LogP contribution in [-0.4, -0.2) is 36.2 Å². The summed E-state index contributed by atoms with van der Waals surface area (Å²) in [5, 5.41) is 12.2. The van der Waals surface area contributed by atoms with Crippen LogP contribution < -0.4 is 10.1 Å². The van der Waals surface area contributed by atoms with Crippen molar-refractivity contribution in [1.82, 2.24) is 5.32 Å². The summed E-state index contributed by atoms with van der Waals surface area (Å²) in [4.78, 5) is 25.8. The third-order valence-corrected chi connectivity index (χ3v) is 5.98. The maximum atomic E-state index is 12.7. The van der Waals surface area contributed by atoms with Crippen LogP contribution in [0.25, 0.3) is 10.4 Å². The van der Waals surface area contributed by atoms with Gasteiger partial charge in [-0.3, -0.25) is 4.79 Å². The van der Waals surface area contributed by atoms with Crippen molar-refractivity contribution < 1.29 is 24.2 Å². The maximum Gasteiger partial charge on any atom is 0.326 e. The van der Waals surface area contributed by atoms with E-state index in [1.165, 1.54) is 11.3 Å². The molecule has 1 saturated heterocycles. The summed E-state index contributed by atoms with van der Waals surface area (Å²) in [6.07, 6.45) is 1.55. The summed E-state index contributed by atoms with van der Waals surface area (Å²) in [5.74, 6) is -0.788. The molecule has 0 spiro atoms. The Bertz CT molecular complexity index is 840. The van der Waals surface area contributed by atoms with Crippen molar-refractivity contribution in [2.45, 2.75) is 25.5 Å². The molecule has 0 saturated carbocycles. The van der Waals surface area contributed by atoms with Crippen molar-refractivity contribution in [3.05, 3.63) is 40.8 Å². The summed E-state index contributed by atoms with van der Waals surface area (Å²) >= 11 is 1.37. The van der Waals surface area contributed by atoms with Crippen LogP contribution in [0.2, 0.25) is 0 Å². The van der Waals surface area contributed by atoms with Crippen LogP contribution in [0.4, 0.5) is 0 Å². The molecule has 7 heteroatoms. The van der Waals surface area contributed by atoms with Crippen LogP contribution >= 0.6 is 11.3 Å². The van der Waals surface area contributed by atoms with E-state index in [4.69, 9.17) is 9.47 Å². The lowest BCUT2D eigenvalue weighted by Gasteiger charge is -2.27. The number of ether oxygens (including phenoxy) is 2. The number of para-hydroxylation sites is 1. The standard InChI is InChI=1S/C19H19NO5S/c21-18(20-16(19(22)23)11-4-3-7-24-9-11)15-8-12-10-25-14-6-2-1-5-13(14)17(12)26-15/h1-2,5-6,8,11,16H,3-4,7,9-10H2,(H,20,21)(H,22,23). The normalized spacial score (nSPS) is 19.6. The minimum atomic E-state index is -1.02. The second kappa shape index (κ2) is 7.09. The lowest BCUT2D eigenvalue weighted by Crippen LogP contribution is -2.48. The predicted molar refractivity (Wildman–Crippen MR) is 96.5 cm³/mol. The minimum Gasteiger partial charge on any atom is -0.488 e. The smallest absolute Gasteiger partial charge is 0.326 e. The number of benzene rings is 1. The van der Waals surface area contributed by atoms with Crippen molar-refractivity contribution in [3.63, 3.8) is 0 Å². The highest BCUT2D eigenvalue weighted by Crippen LogP contribution is 2.42. The SMILES string of the molecule is O=C(NC(C(=O)O)C1CCCOC1)c1cc2c(s1)-c1ccccc1OC2. The van der Waals surface area contributed by atoms with E-state index in [9.17, 15) is 14.7 Å². The van der Waals surface area contributed by atoms with Gasteiger partial charge in [0, 0.05) is 28.5 Å². The minimum absolute atomic E-state index is 0.205. The number of carboxylic acid groups (broad SMARTS) is 1. The molecule has 26 heavy (non-hydrogen) atoms. The van der Waals surface area contributed by atoms with E-state index in [0.717, 1.165) is 34.6 Å². The monoisotopic (exact) mass is 373 g/mol. The summed E-state index contributed by atoms with van der Waals surface area (Å²) in [5.41, 5.74) is 1.92. The summed E-state index contributed by atoms with van der Waals surface area (Å²) in [6.45, 7) is 1.42. The Morgan fingerprint density at radius 1 is 1.31 bits per heavy atom. The molecule has 2 N–H and O–H groups in total. The number of nitrogens with one attached hydrogen (secondary N) is 1. The summed E-state index contributed by atoms with van der Waals surface area (Å²) < 4.78 is 11.1. The van der Waals surface area contributed by atoms with Crippen molar-refractivity contribution in [2.24, 2.45) is 5.92 Å². The quantitative estimate of drug-likeness (QED) is 0.861. The van der Waals surface area contributed by atoms with E-state index >= 15 is 0 Å². The molecule has 1 amide bonds. The van der Waals surface area contributed by atoms with E-state index in [0.29, 0.717) is 24.7 Å². The lowest BCUT2D eigenvalue weighted by atomic mass is 9.93. The van der Waals surface area contributed by atoms with Crippen LogP contribution in [0.3, 0.4) is 0 Å². The third kappa shape index (κ3) is 3.20. The second-order valence-electron chi connectivity index (χ2n) is 6.52. The van der Waals surface area contributed by atoms with Gasteiger partial charge in [-0.2, -0.15) is 0 Å². The summed E-state index contributed by atoms with van der Waals surface area (Å²) in [7, 11) is 0. The topological polar surface area (TPSA) is 84.9 Å². The first-order chi connectivity index (χ1) is 12.6. The molecular formula is C19H19NO5S. The van der Waals surface area contributed by atoms with Crippen LogP contribution in [0.1, 0.15) is 28.1 Å². The van der Waals surface area contributed by atoms with Gasteiger partial charge in [0.2, 0.25) is 0 Å². The van der Waals surface area contributed by atoms with Crippen molar-refractivity contribution >= 4 is 23.2 Å². The first kappa shape index (κ1) is 17.1. The fourth-order valence-electron chi connectivity index (χ4n) is 3.43. The largest absolute Gasteiger partial charge is 0.488 e. The molecule has 0 bridgehead atoms. The Kier molecular flexibility index (Phi) is 4.65. The zero-order valence-corrected chi connectivity index (χ0v) is 14.9. The van der Waals surface area contributed by atoms with Crippen molar-refractivity contribution in [3.8, 4) is 16.2 Å². The molecule has 2 unspecified atom stereocenters. The number of thiophene rings is 1. The number of carbonyl (C=O) groups excluding carboxylic acids is 1. The van der Waals surface area contributed by atoms with Gasteiger partial charge in [-0.25, -0.2) is 4.79 Å². The Morgan fingerprint density at radius 2 is 2.15 bits per heavy atom. The molecule has 2 aromatic rings. The summed E-state index contributed by atoms with van der Waals surface area (Å²) in [6, 6.07) is 8.56. The van der Waals surface area contributed by atoms with E-state index < -0.39 is 12.0 Å². The van der Waals surface area contributed by atoms with Crippen molar-refractivity contribution in [1.29, 1.82) is 0 Å². The van der Waals surface area contributed by atoms with E-state index in [2.05, 4.69) is 5.32 Å². The van der Waals surface area contributed by atoms with E-state index in [-0.39, 0.29) is 11.8 Å². The Morgan fingerprint density at radius 3 is 2.92 bits per heavy atom. The predicted octanol–water partition coefficient (Wildman–Crippen LogP) is 2.92. The lowest BCUT2D eigenvalue weighted by molar-refractivity contribution is -0.142. The second-order valence-corrected chi connectivity index (χ2v) is 7.57. The fourth-order valence-corrected chi connectivity index (χ4v) is 4.53. The highest BCUT2D eigenvalue weighted by Gasteiger charge is 2.32. The van der Waals surface area contributed by atoms with Gasteiger partial charge in [0.15, 0.2) is 0 Å². The van der Waals surface area contributed by atoms with Gasteiger partial charge in [0.05, 0.1) is 11.5 Å². The van der Waals surface area contributed by atoms with Gasteiger partial charge in [0.25, 0.3) is 5.91 Å². The van der Waals surface area contributed by atoms with Gasteiger partial charge in [0.1, 0.15) is 18.4 Å². The molecule has 2 atom stereocenters. The van der Waals surface area contributed by atoms with Crippen LogP contribution in [0.5, 0.6) is 5.75 Å². The molecule has 1 aromatic carbocycles. The number of hydrogen-bond donors (Lipinski definition) is 2. The fraction of sp³-hybridized carbons (Fsp3) is 0.368. The molecule has 2 aliphatic heterocycles. The Balaban J connectivity index is 1.56. The molecule has 136 valence electrons. The Hall–Kier alpha value is -2.38. The van der Waals surface area contributed by atoms with E-state index in [1.54, 1.807) is 6.07 Å². The molecule has 0 aliphatic carbocycles. The Labute approximate surface area is 154 Å². The van der Waals surface area contributed by atoms with Crippen molar-refractivity contribution in [2.75, 3.05) is 13.2 Å². The highest BCUT2D eigenvalue weighted by molar-refractivity contribution is 7.17. The molecular weight excluding hydrogens is 354 g/mol. The van der Waals surface area contributed by atoms with Gasteiger partial charge < -0.3 is 19.9 Å².